The second kappa shape index (κ2) is 9.39. The number of carbonyl (C=O) groups is 2. The number of benzene rings is 2. The third-order valence-electron chi connectivity index (χ3n) is 6.57. The molecule has 0 spiro atoms. The van der Waals surface area contributed by atoms with Crippen molar-refractivity contribution in [3.63, 3.8) is 0 Å². The van der Waals surface area contributed by atoms with E-state index in [0.29, 0.717) is 11.4 Å². The number of para-hydroxylation sites is 1. The van der Waals surface area contributed by atoms with Gasteiger partial charge >= 0.3 is 0 Å². The number of carbonyl (C=O) groups excluding carboxylic acids is 2. The molecule has 5 rings (SSSR count). The van der Waals surface area contributed by atoms with Crippen molar-refractivity contribution in [3.8, 4) is 5.69 Å². The fraction of sp³-hybridized carbons (Fsp3) is 0.393. The fourth-order valence-electron chi connectivity index (χ4n) is 4.62. The van der Waals surface area contributed by atoms with Gasteiger partial charge in [-0.05, 0) is 37.5 Å². The molecule has 6 nitrogen and oxygen atoms in total. The van der Waals surface area contributed by atoms with E-state index < -0.39 is 10.7 Å². The number of anilines is 1. The molecule has 3 aromatic rings. The Morgan fingerprint density at radius 2 is 1.83 bits per heavy atom. The molecule has 0 bridgehead atoms. The number of halogens is 1. The second-order valence-corrected chi connectivity index (χ2v) is 11.7. The average Bonchev–Trinajstić information content (AvgIpc) is 3.56. The van der Waals surface area contributed by atoms with Gasteiger partial charge in [0.2, 0.25) is 11.8 Å². The topological polar surface area (TPSA) is 67.2 Å². The first-order valence-electron chi connectivity index (χ1n) is 12.3. The highest BCUT2D eigenvalue weighted by Gasteiger charge is 2.41. The molecule has 2 aliphatic rings. The third-order valence-corrected chi connectivity index (χ3v) is 7.81. The Labute approximate surface area is 215 Å². The first-order chi connectivity index (χ1) is 17.1. The lowest BCUT2D eigenvalue weighted by atomic mass is 9.87. The highest BCUT2D eigenvalue weighted by molar-refractivity contribution is 8.00. The van der Waals surface area contributed by atoms with Crippen molar-refractivity contribution in [3.05, 3.63) is 76.7 Å². The van der Waals surface area contributed by atoms with Gasteiger partial charge in [-0.25, -0.2) is 9.07 Å². The molecule has 36 heavy (non-hydrogen) atoms. The van der Waals surface area contributed by atoms with Crippen LogP contribution >= 0.6 is 11.8 Å². The van der Waals surface area contributed by atoms with Crippen molar-refractivity contribution < 1.29 is 14.0 Å². The van der Waals surface area contributed by atoms with Gasteiger partial charge in [0.15, 0.2) is 0 Å². The third kappa shape index (κ3) is 4.66. The molecule has 8 heteroatoms. The minimum atomic E-state index is -0.450. The number of thioether (sulfide) groups is 1. The minimum absolute atomic E-state index is 0.103. The van der Waals surface area contributed by atoms with Crippen LogP contribution in [0.1, 0.15) is 61.2 Å². The Hall–Kier alpha value is -3.13. The molecule has 0 unspecified atom stereocenters. The standard InChI is InChI=1S/C28H31FN4O2S/c1-17-9-5-8-12-21(17)33-27-24(26(31-33)28(2,3)4)25(19-10-6-7-11-20(19)29)36-16-23(35)32(27)15-22(34)30-18-13-14-18/h5-12,18,25H,13-16H2,1-4H3,(H,30,34)/t25-/m1/s1. The molecule has 1 aliphatic heterocycles. The molecule has 1 N–H and O–H groups in total. The van der Waals surface area contributed by atoms with E-state index in [4.69, 9.17) is 5.10 Å². The number of hydrogen-bond acceptors (Lipinski definition) is 4. The summed E-state index contributed by atoms with van der Waals surface area (Å²) in [7, 11) is 0. The van der Waals surface area contributed by atoms with E-state index in [0.717, 1.165) is 35.3 Å². The van der Waals surface area contributed by atoms with Crippen LogP contribution in [-0.2, 0) is 15.0 Å². The van der Waals surface area contributed by atoms with Gasteiger partial charge in [0.1, 0.15) is 18.2 Å². The SMILES string of the molecule is Cc1ccccc1-n1nc(C(C)(C)C)c2c1N(CC(=O)NC1CC1)C(=O)CS[C@@H]2c1ccccc1F. The molecule has 0 radical (unpaired) electrons. The molecule has 2 heterocycles. The Morgan fingerprint density at radius 1 is 1.14 bits per heavy atom. The van der Waals surface area contributed by atoms with Crippen LogP contribution in [0.3, 0.4) is 0 Å². The summed E-state index contributed by atoms with van der Waals surface area (Å²) in [4.78, 5) is 28.1. The summed E-state index contributed by atoms with van der Waals surface area (Å²) in [6.45, 7) is 8.09. The summed E-state index contributed by atoms with van der Waals surface area (Å²) in [5.74, 6) is -0.0377. The summed E-state index contributed by atoms with van der Waals surface area (Å²) in [6, 6.07) is 14.7. The zero-order chi connectivity index (χ0) is 25.6. The molecular formula is C28H31FN4O2S. The number of aromatic nitrogens is 2. The number of rotatable bonds is 5. The summed E-state index contributed by atoms with van der Waals surface area (Å²) < 4.78 is 17.0. The van der Waals surface area contributed by atoms with Crippen molar-refractivity contribution in [2.45, 2.75) is 57.2 Å². The van der Waals surface area contributed by atoms with E-state index in [1.54, 1.807) is 21.7 Å². The number of fused-ring (bicyclic) bond motifs is 1. The molecule has 2 aromatic carbocycles. The lowest BCUT2D eigenvalue weighted by Crippen LogP contribution is -2.43. The summed E-state index contributed by atoms with van der Waals surface area (Å²) in [6.07, 6.45) is 1.93. The summed E-state index contributed by atoms with van der Waals surface area (Å²) in [5.41, 5.74) is 3.49. The Bertz CT molecular complexity index is 1330. The van der Waals surface area contributed by atoms with Crippen LogP contribution in [-0.4, -0.2) is 39.9 Å². The van der Waals surface area contributed by atoms with Gasteiger partial charge in [-0.3, -0.25) is 14.5 Å². The average molecular weight is 507 g/mol. The van der Waals surface area contributed by atoms with Gasteiger partial charge in [-0.2, -0.15) is 5.10 Å². The number of aryl methyl sites for hydroxylation is 1. The second-order valence-electron chi connectivity index (χ2n) is 10.6. The van der Waals surface area contributed by atoms with E-state index in [1.165, 1.54) is 17.8 Å². The maximum absolute atomic E-state index is 15.2. The van der Waals surface area contributed by atoms with Crippen molar-refractivity contribution in [2.24, 2.45) is 0 Å². The Kier molecular flexibility index (Phi) is 6.41. The molecular weight excluding hydrogens is 475 g/mol. The first-order valence-corrected chi connectivity index (χ1v) is 13.3. The smallest absolute Gasteiger partial charge is 0.240 e. The summed E-state index contributed by atoms with van der Waals surface area (Å²) >= 11 is 1.39. The molecule has 1 atom stereocenters. The van der Waals surface area contributed by atoms with Gasteiger partial charge in [-0.1, -0.05) is 57.2 Å². The molecule has 0 saturated heterocycles. The van der Waals surface area contributed by atoms with Gasteiger partial charge in [0, 0.05) is 22.6 Å². The van der Waals surface area contributed by atoms with Crippen molar-refractivity contribution in [1.29, 1.82) is 0 Å². The van der Waals surface area contributed by atoms with Gasteiger partial charge in [-0.15, -0.1) is 11.8 Å². The van der Waals surface area contributed by atoms with Crippen LogP contribution < -0.4 is 10.2 Å². The quantitative estimate of drug-likeness (QED) is 0.525. The monoisotopic (exact) mass is 506 g/mol. The number of nitrogens with zero attached hydrogens (tertiary/aromatic N) is 3. The van der Waals surface area contributed by atoms with Crippen LogP contribution in [0.15, 0.2) is 48.5 Å². The number of amides is 2. The fourth-order valence-corrected chi connectivity index (χ4v) is 5.84. The Morgan fingerprint density at radius 3 is 2.50 bits per heavy atom. The predicted octanol–water partition coefficient (Wildman–Crippen LogP) is 5.07. The Balaban J connectivity index is 1.77. The number of hydrogen-bond donors (Lipinski definition) is 1. The van der Waals surface area contributed by atoms with E-state index in [2.05, 4.69) is 26.1 Å². The van der Waals surface area contributed by atoms with E-state index in [-0.39, 0.29) is 36.0 Å². The lowest BCUT2D eigenvalue weighted by molar-refractivity contribution is -0.123. The van der Waals surface area contributed by atoms with Crippen molar-refractivity contribution >= 4 is 29.4 Å². The van der Waals surface area contributed by atoms with E-state index in [9.17, 15) is 9.59 Å². The van der Waals surface area contributed by atoms with E-state index >= 15 is 4.39 Å². The highest BCUT2D eigenvalue weighted by Crippen LogP contribution is 2.49. The maximum atomic E-state index is 15.2. The molecule has 188 valence electrons. The molecule has 1 saturated carbocycles. The maximum Gasteiger partial charge on any atom is 0.240 e. The normalized spacial score (nSPS) is 18.1. The van der Waals surface area contributed by atoms with E-state index in [1.807, 2.05) is 37.3 Å². The van der Waals surface area contributed by atoms with Crippen molar-refractivity contribution in [1.82, 2.24) is 15.1 Å². The zero-order valence-electron chi connectivity index (χ0n) is 21.0. The van der Waals surface area contributed by atoms with Crippen LogP contribution in [0.4, 0.5) is 10.2 Å². The first kappa shape index (κ1) is 24.6. The predicted molar refractivity (Wildman–Crippen MR) is 141 cm³/mol. The lowest BCUT2D eigenvalue weighted by Gasteiger charge is -2.25. The van der Waals surface area contributed by atoms with Crippen LogP contribution in [0.2, 0.25) is 0 Å². The minimum Gasteiger partial charge on any atom is -0.352 e. The van der Waals surface area contributed by atoms with Gasteiger partial charge in [0.05, 0.1) is 22.4 Å². The van der Waals surface area contributed by atoms with Gasteiger partial charge < -0.3 is 5.32 Å². The van der Waals surface area contributed by atoms with Gasteiger partial charge in [0.25, 0.3) is 0 Å². The summed E-state index contributed by atoms with van der Waals surface area (Å²) in [5, 5.41) is 7.61. The van der Waals surface area contributed by atoms with Crippen LogP contribution in [0, 0.1) is 12.7 Å². The van der Waals surface area contributed by atoms with Crippen LogP contribution in [0.5, 0.6) is 0 Å². The largest absolute Gasteiger partial charge is 0.352 e. The molecule has 1 aliphatic carbocycles. The molecule has 2 amide bonds. The highest BCUT2D eigenvalue weighted by atomic mass is 32.2. The number of nitrogens with one attached hydrogen (secondary N) is 1. The zero-order valence-corrected chi connectivity index (χ0v) is 21.9. The van der Waals surface area contributed by atoms with Crippen LogP contribution in [0.25, 0.3) is 5.69 Å². The van der Waals surface area contributed by atoms with Crippen molar-refractivity contribution in [2.75, 3.05) is 17.2 Å². The molecule has 1 aromatic heterocycles. The molecule has 1 fully saturated rings.